The van der Waals surface area contributed by atoms with Crippen LogP contribution in [0.5, 0.6) is 5.75 Å². The van der Waals surface area contributed by atoms with Crippen molar-refractivity contribution < 1.29 is 19.4 Å². The average Bonchev–Trinajstić information content (AvgIpc) is 3.28. The number of rotatable bonds is 7. The van der Waals surface area contributed by atoms with Crippen LogP contribution in [0.25, 0.3) is 33.4 Å². The van der Waals surface area contributed by atoms with Crippen LogP contribution >= 0.6 is 0 Å². The topological polar surface area (TPSA) is 86.5 Å². The van der Waals surface area contributed by atoms with Crippen molar-refractivity contribution in [3.8, 4) is 28.3 Å². The number of aryl methyl sites for hydroxylation is 1. The van der Waals surface area contributed by atoms with E-state index in [-0.39, 0.29) is 6.47 Å². The zero-order chi connectivity index (χ0) is 22.1. The minimum absolute atomic E-state index is 0.250. The average molecular weight is 419 g/mol. The summed E-state index contributed by atoms with van der Waals surface area (Å²) in [6, 6.07) is 16.6. The number of hydrogen-bond acceptors (Lipinski definition) is 5. The van der Waals surface area contributed by atoms with Gasteiger partial charge in [0, 0.05) is 49.8 Å². The summed E-state index contributed by atoms with van der Waals surface area (Å²) in [4.78, 5) is 17.4. The Kier molecular flexibility index (Phi) is 7.73. The van der Waals surface area contributed by atoms with Crippen molar-refractivity contribution >= 4 is 17.4 Å². The van der Waals surface area contributed by atoms with Gasteiger partial charge in [0.05, 0.1) is 7.11 Å². The van der Waals surface area contributed by atoms with E-state index in [0.717, 1.165) is 58.7 Å². The van der Waals surface area contributed by atoms with Gasteiger partial charge >= 0.3 is 0 Å². The van der Waals surface area contributed by atoms with Crippen LogP contribution in [0, 0.1) is 0 Å². The minimum atomic E-state index is -0.250. The maximum absolute atomic E-state index is 8.36. The number of hydrogen-bond donors (Lipinski definition) is 1. The quantitative estimate of drug-likeness (QED) is 0.350. The van der Waals surface area contributed by atoms with Crippen molar-refractivity contribution in [3.05, 3.63) is 67.1 Å². The third-order valence-corrected chi connectivity index (χ3v) is 4.87. The molecule has 0 spiro atoms. The first kappa shape index (κ1) is 22.0. The predicted molar refractivity (Wildman–Crippen MR) is 120 cm³/mol. The molecular formula is C24H25N3O4. The molecule has 2 aromatic carbocycles. The van der Waals surface area contributed by atoms with Crippen LogP contribution in [-0.4, -0.2) is 46.9 Å². The normalized spacial score (nSPS) is 10.4. The van der Waals surface area contributed by atoms with Crippen molar-refractivity contribution in [2.24, 2.45) is 0 Å². The smallest absolute Gasteiger partial charge is 0.290 e. The van der Waals surface area contributed by atoms with Gasteiger partial charge in [0.2, 0.25) is 0 Å². The first-order valence-corrected chi connectivity index (χ1v) is 9.84. The lowest BCUT2D eigenvalue weighted by Gasteiger charge is -2.11. The second-order valence-electron chi connectivity index (χ2n) is 6.69. The Hall–Kier alpha value is -3.71. The van der Waals surface area contributed by atoms with Gasteiger partial charge in [-0.3, -0.25) is 9.78 Å². The molecule has 2 aromatic heterocycles. The summed E-state index contributed by atoms with van der Waals surface area (Å²) < 4.78 is 12.8. The first-order valence-electron chi connectivity index (χ1n) is 9.84. The van der Waals surface area contributed by atoms with Gasteiger partial charge < -0.3 is 19.1 Å². The van der Waals surface area contributed by atoms with Crippen LogP contribution in [0.1, 0.15) is 6.42 Å². The summed E-state index contributed by atoms with van der Waals surface area (Å²) in [6.45, 7) is 1.38. The van der Waals surface area contributed by atoms with Crippen molar-refractivity contribution in [1.82, 2.24) is 14.5 Å². The lowest BCUT2D eigenvalue weighted by molar-refractivity contribution is -0.122. The van der Waals surface area contributed by atoms with Crippen LogP contribution in [0.2, 0.25) is 0 Å². The largest absolute Gasteiger partial charge is 0.494 e. The first-order chi connectivity index (χ1) is 15.2. The molecule has 7 heteroatoms. The monoisotopic (exact) mass is 419 g/mol. The number of carboxylic acid groups (broad SMARTS) is 1. The van der Waals surface area contributed by atoms with Crippen molar-refractivity contribution in [1.29, 1.82) is 0 Å². The highest BCUT2D eigenvalue weighted by Crippen LogP contribution is 2.33. The lowest BCUT2D eigenvalue weighted by Crippen LogP contribution is -2.02. The molecule has 4 aromatic rings. The Morgan fingerprint density at radius 3 is 2.45 bits per heavy atom. The Labute approximate surface area is 180 Å². The summed E-state index contributed by atoms with van der Waals surface area (Å²) in [5.41, 5.74) is 4.25. The number of methoxy groups -OCH3 is 2. The molecule has 0 radical (unpaired) electrons. The molecule has 0 atom stereocenters. The molecule has 0 bridgehead atoms. The third kappa shape index (κ3) is 5.07. The third-order valence-electron chi connectivity index (χ3n) is 4.87. The second-order valence-corrected chi connectivity index (χ2v) is 6.69. The van der Waals surface area contributed by atoms with E-state index in [1.54, 1.807) is 20.4 Å². The van der Waals surface area contributed by atoms with Gasteiger partial charge in [-0.2, -0.15) is 0 Å². The SMILES string of the molecule is COCCCn1ccnc1-c1ccc(-c2ccc(OC)c3ncccc23)cc1.O=CO. The van der Waals surface area contributed by atoms with Crippen molar-refractivity contribution in [3.63, 3.8) is 0 Å². The molecule has 0 unspecified atom stereocenters. The molecule has 2 heterocycles. The molecule has 0 saturated carbocycles. The van der Waals surface area contributed by atoms with Gasteiger partial charge in [0.15, 0.2) is 0 Å². The van der Waals surface area contributed by atoms with E-state index in [4.69, 9.17) is 19.4 Å². The maximum atomic E-state index is 8.36. The highest BCUT2D eigenvalue weighted by atomic mass is 16.5. The van der Waals surface area contributed by atoms with E-state index in [9.17, 15) is 0 Å². The zero-order valence-corrected chi connectivity index (χ0v) is 17.6. The number of carbonyl (C=O) groups is 1. The predicted octanol–water partition coefficient (Wildman–Crippen LogP) is 4.51. The molecule has 31 heavy (non-hydrogen) atoms. The number of imidazole rings is 1. The Morgan fingerprint density at radius 2 is 1.74 bits per heavy atom. The lowest BCUT2D eigenvalue weighted by atomic mass is 9.99. The number of nitrogens with zero attached hydrogens (tertiary/aromatic N) is 3. The van der Waals surface area contributed by atoms with Gasteiger partial charge in [0.25, 0.3) is 6.47 Å². The van der Waals surface area contributed by atoms with Gasteiger partial charge in [-0.25, -0.2) is 4.98 Å². The number of aromatic nitrogens is 3. The Morgan fingerprint density at radius 1 is 1.00 bits per heavy atom. The van der Waals surface area contributed by atoms with Gasteiger partial charge in [-0.05, 0) is 35.7 Å². The summed E-state index contributed by atoms with van der Waals surface area (Å²) in [5, 5.41) is 7.97. The number of pyridine rings is 1. The van der Waals surface area contributed by atoms with Gasteiger partial charge in [-0.15, -0.1) is 0 Å². The fourth-order valence-corrected chi connectivity index (χ4v) is 3.49. The van der Waals surface area contributed by atoms with Crippen LogP contribution in [0.15, 0.2) is 67.1 Å². The van der Waals surface area contributed by atoms with Crippen molar-refractivity contribution in [2.75, 3.05) is 20.8 Å². The summed E-state index contributed by atoms with van der Waals surface area (Å²) in [7, 11) is 3.40. The number of benzene rings is 2. The molecule has 0 amide bonds. The highest BCUT2D eigenvalue weighted by molar-refractivity contribution is 5.97. The van der Waals surface area contributed by atoms with Crippen LogP contribution in [0.3, 0.4) is 0 Å². The second kappa shape index (κ2) is 10.9. The molecule has 4 rings (SSSR count). The highest BCUT2D eigenvalue weighted by Gasteiger charge is 2.10. The summed E-state index contributed by atoms with van der Waals surface area (Å²) in [5.74, 6) is 1.76. The standard InChI is InChI=1S/C23H23N3O2.CH2O2/c1-27-16-4-14-26-15-13-25-23(26)18-8-6-17(7-9-18)19-10-11-21(28-2)22-20(19)5-3-12-24-22;2-1-3/h3,5-13,15H,4,14,16H2,1-2H3;1H,(H,2,3). The Bertz CT molecular complexity index is 1120. The molecule has 0 saturated heterocycles. The van der Waals surface area contributed by atoms with E-state index in [0.29, 0.717) is 0 Å². The maximum Gasteiger partial charge on any atom is 0.290 e. The molecule has 0 aliphatic carbocycles. The minimum Gasteiger partial charge on any atom is -0.494 e. The van der Waals surface area contributed by atoms with E-state index in [2.05, 4.69) is 50.9 Å². The summed E-state index contributed by atoms with van der Waals surface area (Å²) in [6.07, 6.45) is 6.62. The molecule has 0 fully saturated rings. The van der Waals surface area contributed by atoms with E-state index >= 15 is 0 Å². The van der Waals surface area contributed by atoms with Crippen LogP contribution in [0.4, 0.5) is 0 Å². The van der Waals surface area contributed by atoms with Crippen LogP contribution in [-0.2, 0) is 16.1 Å². The zero-order valence-electron chi connectivity index (χ0n) is 17.6. The molecule has 0 aliphatic heterocycles. The fraction of sp³-hybridized carbons (Fsp3) is 0.208. The van der Waals surface area contributed by atoms with E-state index < -0.39 is 0 Å². The molecule has 0 aliphatic rings. The fourth-order valence-electron chi connectivity index (χ4n) is 3.49. The molecule has 160 valence electrons. The van der Waals surface area contributed by atoms with Gasteiger partial charge in [0.1, 0.15) is 17.1 Å². The molecule has 7 nitrogen and oxygen atoms in total. The van der Waals surface area contributed by atoms with Gasteiger partial charge in [-0.1, -0.05) is 30.3 Å². The van der Waals surface area contributed by atoms with E-state index in [1.165, 1.54) is 0 Å². The van der Waals surface area contributed by atoms with E-state index in [1.807, 2.05) is 24.5 Å². The van der Waals surface area contributed by atoms with Crippen molar-refractivity contribution in [2.45, 2.75) is 13.0 Å². The number of fused-ring (bicyclic) bond motifs is 1. The number of ether oxygens (including phenoxy) is 2. The summed E-state index contributed by atoms with van der Waals surface area (Å²) >= 11 is 0. The molecule has 1 N–H and O–H groups in total. The van der Waals surface area contributed by atoms with Crippen LogP contribution < -0.4 is 4.74 Å². The molecular weight excluding hydrogens is 394 g/mol. The Balaban J connectivity index is 0.000000858.